The Morgan fingerprint density at radius 1 is 0.321 bits per heavy atom. The molecule has 0 unspecified atom stereocenters. The summed E-state index contributed by atoms with van der Waals surface area (Å²) in [4.78, 5) is 0. The molecule has 0 heteroatoms. The van der Waals surface area contributed by atoms with Crippen LogP contribution in [-0.4, -0.2) is 0 Å². The molecule has 2 bridgehead atoms. The third-order valence-corrected chi connectivity index (χ3v) is 6.76. The molecule has 0 amide bonds. The summed E-state index contributed by atoms with van der Waals surface area (Å²) < 4.78 is 0. The Hall–Kier alpha value is -3.38. The zero-order chi connectivity index (χ0) is 18.2. The van der Waals surface area contributed by atoms with Crippen LogP contribution in [0.4, 0.5) is 0 Å². The SMILES string of the molecule is c1ccc2c(c1)C1c3ccccc3C2c2cc3cc4ccccc4cc3cc21. The minimum Gasteiger partial charge on any atom is -0.0619 e. The van der Waals surface area contributed by atoms with Crippen LogP contribution >= 0.6 is 0 Å². The first-order valence-electron chi connectivity index (χ1n) is 10.0. The Labute approximate surface area is 164 Å². The maximum atomic E-state index is 2.46. The molecule has 0 atom stereocenters. The van der Waals surface area contributed by atoms with Crippen molar-refractivity contribution in [1.82, 2.24) is 0 Å². The average Bonchev–Trinajstić information content (AvgIpc) is 2.76. The highest BCUT2D eigenvalue weighted by atomic mass is 14.4. The quantitative estimate of drug-likeness (QED) is 0.258. The summed E-state index contributed by atoms with van der Waals surface area (Å²) in [6.07, 6.45) is 0. The highest BCUT2D eigenvalue weighted by Gasteiger charge is 2.40. The van der Waals surface area contributed by atoms with E-state index < -0.39 is 0 Å². The molecule has 0 fully saturated rings. The minimum atomic E-state index is 0.350. The number of benzene rings is 5. The van der Waals surface area contributed by atoms with Gasteiger partial charge in [-0.15, -0.1) is 0 Å². The van der Waals surface area contributed by atoms with Gasteiger partial charge in [0, 0.05) is 11.8 Å². The first-order valence-corrected chi connectivity index (χ1v) is 10.0. The minimum absolute atomic E-state index is 0.350. The second-order valence-electron chi connectivity index (χ2n) is 8.15. The topological polar surface area (TPSA) is 0 Å². The van der Waals surface area contributed by atoms with E-state index in [1.54, 1.807) is 0 Å². The zero-order valence-corrected chi connectivity index (χ0v) is 15.4. The van der Waals surface area contributed by atoms with E-state index in [1.165, 1.54) is 54.9 Å². The van der Waals surface area contributed by atoms with Crippen LogP contribution < -0.4 is 0 Å². The van der Waals surface area contributed by atoms with Gasteiger partial charge in [0.05, 0.1) is 0 Å². The Morgan fingerprint density at radius 3 is 1.07 bits per heavy atom. The van der Waals surface area contributed by atoms with Crippen molar-refractivity contribution in [3.8, 4) is 0 Å². The molecule has 8 rings (SSSR count). The average molecular weight is 354 g/mol. The Bertz CT molecular complexity index is 1270. The monoisotopic (exact) mass is 354 g/mol. The molecule has 0 aliphatic heterocycles. The molecule has 0 spiro atoms. The fourth-order valence-corrected chi connectivity index (χ4v) is 5.61. The van der Waals surface area contributed by atoms with Crippen LogP contribution in [0.25, 0.3) is 21.5 Å². The Kier molecular flexibility index (Phi) is 2.67. The maximum absolute atomic E-state index is 2.46. The largest absolute Gasteiger partial charge is 0.0619 e. The predicted molar refractivity (Wildman–Crippen MR) is 116 cm³/mol. The van der Waals surface area contributed by atoms with E-state index in [1.807, 2.05) is 0 Å². The van der Waals surface area contributed by atoms with Crippen LogP contribution in [0.1, 0.15) is 45.2 Å². The van der Waals surface area contributed by atoms with Gasteiger partial charge in [-0.25, -0.2) is 0 Å². The normalized spacial score (nSPS) is 18.7. The maximum Gasteiger partial charge on any atom is 0.0349 e. The van der Waals surface area contributed by atoms with Gasteiger partial charge in [0.25, 0.3) is 0 Å². The summed E-state index contributed by atoms with van der Waals surface area (Å²) in [5.41, 5.74) is 8.92. The molecule has 3 aliphatic carbocycles. The third kappa shape index (κ3) is 1.75. The second-order valence-corrected chi connectivity index (χ2v) is 8.15. The number of fused-ring (bicyclic) bond motifs is 2. The predicted octanol–water partition coefficient (Wildman–Crippen LogP) is 6.98. The molecule has 0 heterocycles. The molecular weight excluding hydrogens is 336 g/mol. The van der Waals surface area contributed by atoms with Crippen LogP contribution in [0.2, 0.25) is 0 Å². The smallest absolute Gasteiger partial charge is 0.0349 e. The lowest BCUT2D eigenvalue weighted by Gasteiger charge is -2.42. The van der Waals surface area contributed by atoms with Crippen molar-refractivity contribution in [2.75, 3.05) is 0 Å². The van der Waals surface area contributed by atoms with Gasteiger partial charge in [0.15, 0.2) is 0 Å². The van der Waals surface area contributed by atoms with E-state index in [2.05, 4.69) is 97.1 Å². The summed E-state index contributed by atoms with van der Waals surface area (Å²) in [7, 11) is 0. The number of rotatable bonds is 0. The second kappa shape index (κ2) is 5.11. The van der Waals surface area contributed by atoms with Gasteiger partial charge in [0.1, 0.15) is 0 Å². The lowest BCUT2D eigenvalue weighted by atomic mass is 9.61. The van der Waals surface area contributed by atoms with Crippen molar-refractivity contribution in [3.05, 3.63) is 130 Å². The number of hydrogen-bond acceptors (Lipinski definition) is 0. The van der Waals surface area contributed by atoms with E-state index in [-0.39, 0.29) is 0 Å². The van der Waals surface area contributed by atoms with Gasteiger partial charge < -0.3 is 0 Å². The first-order chi connectivity index (χ1) is 13.9. The van der Waals surface area contributed by atoms with Gasteiger partial charge in [0.2, 0.25) is 0 Å². The summed E-state index contributed by atoms with van der Waals surface area (Å²) >= 11 is 0. The van der Waals surface area contributed by atoms with E-state index in [4.69, 9.17) is 0 Å². The van der Waals surface area contributed by atoms with Crippen molar-refractivity contribution < 1.29 is 0 Å². The number of hydrogen-bond donors (Lipinski definition) is 0. The highest BCUT2D eigenvalue weighted by Crippen LogP contribution is 2.56. The van der Waals surface area contributed by atoms with Gasteiger partial charge >= 0.3 is 0 Å². The van der Waals surface area contributed by atoms with Crippen molar-refractivity contribution in [2.24, 2.45) is 0 Å². The molecule has 0 saturated carbocycles. The van der Waals surface area contributed by atoms with Gasteiger partial charge in [-0.1, -0.05) is 72.8 Å². The fourth-order valence-electron chi connectivity index (χ4n) is 5.61. The third-order valence-electron chi connectivity index (χ3n) is 6.76. The van der Waals surface area contributed by atoms with Crippen LogP contribution in [0.5, 0.6) is 0 Å². The van der Waals surface area contributed by atoms with E-state index in [0.29, 0.717) is 11.8 Å². The van der Waals surface area contributed by atoms with Crippen molar-refractivity contribution >= 4 is 21.5 Å². The Morgan fingerprint density at radius 2 is 0.679 bits per heavy atom. The lowest BCUT2D eigenvalue weighted by molar-refractivity contribution is 0.756. The van der Waals surface area contributed by atoms with Crippen molar-refractivity contribution in [3.63, 3.8) is 0 Å². The van der Waals surface area contributed by atoms with Gasteiger partial charge in [-0.05, 0) is 79.2 Å². The molecule has 5 aromatic carbocycles. The van der Waals surface area contributed by atoms with Crippen LogP contribution in [-0.2, 0) is 0 Å². The molecule has 130 valence electrons. The summed E-state index contributed by atoms with van der Waals surface area (Å²) in [5, 5.41) is 5.33. The molecule has 3 aliphatic rings. The molecule has 0 radical (unpaired) electrons. The van der Waals surface area contributed by atoms with Crippen LogP contribution in [0.3, 0.4) is 0 Å². The first kappa shape index (κ1) is 14.6. The lowest BCUT2D eigenvalue weighted by Crippen LogP contribution is -2.27. The molecule has 5 aromatic rings. The van der Waals surface area contributed by atoms with Crippen LogP contribution in [0, 0.1) is 0 Å². The molecular formula is C28H18. The molecule has 0 saturated heterocycles. The highest BCUT2D eigenvalue weighted by molar-refractivity contribution is 5.99. The van der Waals surface area contributed by atoms with E-state index >= 15 is 0 Å². The van der Waals surface area contributed by atoms with E-state index in [9.17, 15) is 0 Å². The summed E-state index contributed by atoms with van der Waals surface area (Å²) in [6, 6.07) is 36.4. The fraction of sp³-hybridized carbons (Fsp3) is 0.0714. The van der Waals surface area contributed by atoms with Crippen molar-refractivity contribution in [2.45, 2.75) is 11.8 Å². The van der Waals surface area contributed by atoms with Crippen LogP contribution in [0.15, 0.2) is 97.1 Å². The van der Waals surface area contributed by atoms with Gasteiger partial charge in [-0.3, -0.25) is 0 Å². The zero-order valence-electron chi connectivity index (χ0n) is 15.4. The molecule has 0 aromatic heterocycles. The molecule has 0 nitrogen and oxygen atoms in total. The van der Waals surface area contributed by atoms with Gasteiger partial charge in [-0.2, -0.15) is 0 Å². The molecule has 0 N–H and O–H groups in total. The Balaban J connectivity index is 1.60. The summed E-state index contributed by atoms with van der Waals surface area (Å²) in [5.74, 6) is 0.701. The summed E-state index contributed by atoms with van der Waals surface area (Å²) in [6.45, 7) is 0. The molecule has 28 heavy (non-hydrogen) atoms. The van der Waals surface area contributed by atoms with E-state index in [0.717, 1.165) is 0 Å². The van der Waals surface area contributed by atoms with Crippen molar-refractivity contribution in [1.29, 1.82) is 0 Å². The standard InChI is InChI=1S/C28H18/c1-2-8-18-14-20-16-26-25(15-19(20)13-17(18)7-1)27-21-9-3-5-11-23(21)28(26)24-12-6-4-10-22(24)27/h1-16,27-28H.